The zero-order valence-electron chi connectivity index (χ0n) is 11.9. The number of imidazole rings is 1. The second-order valence-corrected chi connectivity index (χ2v) is 5.72. The maximum atomic E-state index is 10.8. The van der Waals surface area contributed by atoms with Crippen LogP contribution in [0.5, 0.6) is 0 Å². The fraction of sp³-hybridized carbons (Fsp3) is 0.0625. The van der Waals surface area contributed by atoms with Gasteiger partial charge in [0.2, 0.25) is 0 Å². The van der Waals surface area contributed by atoms with Crippen LogP contribution in [-0.2, 0) is 4.79 Å². The molecule has 0 amide bonds. The normalized spacial score (nSPS) is 10.6. The molecule has 2 radical (unpaired) electrons. The van der Waals surface area contributed by atoms with Crippen LogP contribution in [0.15, 0.2) is 47.8 Å². The van der Waals surface area contributed by atoms with E-state index in [1.807, 2.05) is 24.3 Å². The third kappa shape index (κ3) is 2.81. The van der Waals surface area contributed by atoms with Gasteiger partial charge in [0.05, 0.1) is 23.1 Å². The first-order valence-corrected chi connectivity index (χ1v) is 7.70. The number of hydrogen-bond acceptors (Lipinski definition) is 4. The van der Waals surface area contributed by atoms with E-state index in [1.165, 1.54) is 6.20 Å². The summed E-state index contributed by atoms with van der Waals surface area (Å²) in [5.74, 6) is -1.03. The van der Waals surface area contributed by atoms with Gasteiger partial charge in [-0.15, -0.1) is 0 Å². The number of hydrogen-bond donors (Lipinski definition) is 1. The van der Waals surface area contributed by atoms with Crippen molar-refractivity contribution >= 4 is 41.9 Å². The van der Waals surface area contributed by atoms with E-state index in [1.54, 1.807) is 16.7 Å². The Morgan fingerprint density at radius 1 is 1.30 bits per heavy atom. The molecule has 0 saturated heterocycles. The molecule has 0 aliphatic rings. The van der Waals surface area contributed by atoms with Gasteiger partial charge in [-0.3, -0.25) is 4.79 Å². The smallest absolute Gasteiger partial charge is 0.313 e. The topological polar surface area (TPSA) is 78.9 Å². The number of carbonyl (C=O) groups is 1. The van der Waals surface area contributed by atoms with E-state index in [4.69, 9.17) is 13.0 Å². The number of fused-ring (bicyclic) bond motifs is 1. The van der Waals surface area contributed by atoms with Crippen LogP contribution in [0.4, 0.5) is 0 Å². The molecule has 0 saturated carbocycles. The molecule has 0 atom stereocenters. The van der Waals surface area contributed by atoms with Crippen LogP contribution in [0.3, 0.4) is 0 Å². The highest BCUT2D eigenvalue weighted by Crippen LogP contribution is 2.28. The number of carboxylic acids is 1. The lowest BCUT2D eigenvalue weighted by atomic mass is 10.0. The van der Waals surface area contributed by atoms with Crippen LogP contribution < -0.4 is 5.59 Å². The van der Waals surface area contributed by atoms with E-state index in [0.29, 0.717) is 16.3 Å². The highest BCUT2D eigenvalue weighted by molar-refractivity contribution is 7.99. The van der Waals surface area contributed by atoms with Crippen molar-refractivity contribution in [2.45, 2.75) is 5.16 Å². The average molecular weight is 319 g/mol. The van der Waals surface area contributed by atoms with Crippen LogP contribution in [0.25, 0.3) is 16.5 Å². The summed E-state index contributed by atoms with van der Waals surface area (Å²) in [6.07, 6.45) is 1.50. The van der Waals surface area contributed by atoms with Crippen molar-refractivity contribution in [2.75, 3.05) is 5.75 Å². The van der Waals surface area contributed by atoms with Crippen LogP contribution in [0.2, 0.25) is 0 Å². The maximum Gasteiger partial charge on any atom is 0.313 e. The number of benzene rings is 2. The molecule has 0 aliphatic carbocycles. The molecule has 7 heteroatoms. The summed E-state index contributed by atoms with van der Waals surface area (Å²) in [6, 6.07) is 13.2. The van der Waals surface area contributed by atoms with E-state index in [2.05, 4.69) is 11.1 Å². The minimum atomic E-state index is -0.923. The Hall–Kier alpha value is -2.72. The second-order valence-electron chi connectivity index (χ2n) is 4.77. The van der Waals surface area contributed by atoms with Crippen LogP contribution in [0.1, 0.15) is 5.56 Å². The van der Waals surface area contributed by atoms with Gasteiger partial charge < -0.3 is 9.67 Å². The number of aliphatic carboxylic acids is 1. The number of nitriles is 1. The predicted molar refractivity (Wildman–Crippen MR) is 89.5 cm³/mol. The number of rotatable bonds is 4. The highest BCUT2D eigenvalue weighted by Gasteiger charge is 2.14. The first kappa shape index (κ1) is 15.2. The van der Waals surface area contributed by atoms with Crippen molar-refractivity contribution in [3.63, 3.8) is 0 Å². The van der Waals surface area contributed by atoms with E-state index in [9.17, 15) is 10.1 Å². The van der Waals surface area contributed by atoms with Gasteiger partial charge in [-0.1, -0.05) is 36.0 Å². The van der Waals surface area contributed by atoms with Crippen molar-refractivity contribution in [3.05, 3.63) is 48.2 Å². The van der Waals surface area contributed by atoms with Gasteiger partial charge in [0.1, 0.15) is 7.85 Å². The Bertz CT molecular complexity index is 946. The van der Waals surface area contributed by atoms with Crippen LogP contribution >= 0.6 is 11.8 Å². The van der Waals surface area contributed by atoms with Gasteiger partial charge in [-0.05, 0) is 17.7 Å². The zero-order valence-corrected chi connectivity index (χ0v) is 12.7. The van der Waals surface area contributed by atoms with E-state index in [0.717, 1.165) is 28.2 Å². The van der Waals surface area contributed by atoms with Gasteiger partial charge >= 0.3 is 5.97 Å². The number of nitrogens with zero attached hydrogens (tertiary/aromatic N) is 3. The molecular weight excluding hydrogens is 309 g/mol. The molecule has 0 aliphatic heterocycles. The van der Waals surface area contributed by atoms with Gasteiger partial charge in [0, 0.05) is 17.0 Å². The summed E-state index contributed by atoms with van der Waals surface area (Å²) < 4.78 is 1.71. The summed E-state index contributed by atoms with van der Waals surface area (Å²) in [5, 5.41) is 20.3. The minimum Gasteiger partial charge on any atom is -0.481 e. The predicted octanol–water partition coefficient (Wildman–Crippen LogP) is 1.87. The molecule has 110 valence electrons. The van der Waals surface area contributed by atoms with Gasteiger partial charge in [-0.2, -0.15) is 5.26 Å². The van der Waals surface area contributed by atoms with Gasteiger partial charge in [0.15, 0.2) is 5.16 Å². The summed E-state index contributed by atoms with van der Waals surface area (Å²) in [7, 11) is 6.02. The molecule has 1 heterocycles. The lowest BCUT2D eigenvalue weighted by molar-refractivity contribution is -0.133. The summed E-state index contributed by atoms with van der Waals surface area (Å²) in [6.45, 7) is 0. The summed E-state index contributed by atoms with van der Waals surface area (Å²) in [5.41, 5.74) is 1.75. The fourth-order valence-electron chi connectivity index (χ4n) is 2.39. The van der Waals surface area contributed by atoms with Crippen molar-refractivity contribution in [1.29, 1.82) is 5.26 Å². The third-order valence-corrected chi connectivity index (χ3v) is 4.28. The average Bonchev–Trinajstić information content (AvgIpc) is 2.92. The number of aromatic nitrogens is 2. The molecule has 0 fully saturated rings. The molecule has 0 unspecified atom stereocenters. The summed E-state index contributed by atoms with van der Waals surface area (Å²) >= 11 is 1.10. The molecular formula is C16H10BN3O2S. The Kier molecular flexibility index (Phi) is 4.09. The SMILES string of the molecule is [B]c1cnc(SCC(=O)O)n1-c1ccc(C#N)c2ccccc12. The quantitative estimate of drug-likeness (QED) is 0.587. The summed E-state index contributed by atoms with van der Waals surface area (Å²) in [4.78, 5) is 15.0. The van der Waals surface area contributed by atoms with E-state index < -0.39 is 5.97 Å². The third-order valence-electron chi connectivity index (χ3n) is 3.34. The van der Waals surface area contributed by atoms with Gasteiger partial charge in [-0.25, -0.2) is 4.98 Å². The van der Waals surface area contributed by atoms with Crippen molar-refractivity contribution in [2.24, 2.45) is 0 Å². The number of thioether (sulfide) groups is 1. The molecule has 0 bridgehead atoms. The van der Waals surface area contributed by atoms with Crippen molar-refractivity contribution in [3.8, 4) is 11.8 Å². The van der Waals surface area contributed by atoms with Crippen molar-refractivity contribution < 1.29 is 9.90 Å². The molecule has 1 aromatic heterocycles. The molecule has 1 N–H and O–H groups in total. The largest absolute Gasteiger partial charge is 0.481 e. The first-order valence-electron chi connectivity index (χ1n) is 6.72. The molecule has 5 nitrogen and oxygen atoms in total. The Balaban J connectivity index is 2.20. The van der Waals surface area contributed by atoms with Crippen molar-refractivity contribution in [1.82, 2.24) is 9.55 Å². The van der Waals surface area contributed by atoms with Crippen LogP contribution in [-0.4, -0.2) is 34.2 Å². The standard InChI is InChI=1S/C16H10BN3O2S/c17-14-8-19-16(23-9-15(21)22)20(14)13-6-5-10(7-18)11-3-1-2-4-12(11)13/h1-6,8H,9H2,(H,21,22). The zero-order chi connectivity index (χ0) is 16.4. The highest BCUT2D eigenvalue weighted by atomic mass is 32.2. The lowest BCUT2D eigenvalue weighted by Gasteiger charge is -2.13. The van der Waals surface area contributed by atoms with Crippen LogP contribution in [0, 0.1) is 11.3 Å². The maximum absolute atomic E-state index is 10.8. The molecule has 2 aromatic carbocycles. The molecule has 23 heavy (non-hydrogen) atoms. The Morgan fingerprint density at radius 3 is 2.74 bits per heavy atom. The van der Waals surface area contributed by atoms with E-state index in [-0.39, 0.29) is 5.75 Å². The first-order chi connectivity index (χ1) is 11.1. The fourth-order valence-corrected chi connectivity index (χ4v) is 3.11. The molecule has 0 spiro atoms. The minimum absolute atomic E-state index is 0.106. The number of carboxylic acid groups (broad SMARTS) is 1. The Morgan fingerprint density at radius 2 is 2.04 bits per heavy atom. The Labute approximate surface area is 138 Å². The molecule has 3 rings (SSSR count). The van der Waals surface area contributed by atoms with E-state index >= 15 is 0 Å². The molecule has 3 aromatic rings. The monoisotopic (exact) mass is 319 g/mol. The lowest BCUT2D eigenvalue weighted by Crippen LogP contribution is -2.16. The van der Waals surface area contributed by atoms with Gasteiger partial charge in [0.25, 0.3) is 0 Å². The second kappa shape index (κ2) is 6.19.